The van der Waals surface area contributed by atoms with Crippen LogP contribution in [0.4, 0.5) is 0 Å². The molecule has 0 aliphatic rings. The molecule has 92 valence electrons. The number of carbonyl (C=O) groups is 2. The lowest BCUT2D eigenvalue weighted by atomic mass is 9.96. The van der Waals surface area contributed by atoms with Gasteiger partial charge >= 0.3 is 0 Å². The third-order valence-electron chi connectivity index (χ3n) is 2.77. The molecule has 4 nitrogen and oxygen atoms in total. The van der Waals surface area contributed by atoms with Crippen LogP contribution in [0.15, 0.2) is 18.2 Å². The van der Waals surface area contributed by atoms with E-state index in [1.54, 1.807) is 0 Å². The average Bonchev–Trinajstić information content (AvgIpc) is 2.21. The molecular formula is C13H18N2O2. The maximum absolute atomic E-state index is 11.3. The summed E-state index contributed by atoms with van der Waals surface area (Å²) in [5.74, 6) is -0.761. The van der Waals surface area contributed by atoms with Crippen molar-refractivity contribution < 1.29 is 9.59 Å². The molecule has 0 saturated carbocycles. The Morgan fingerprint density at radius 3 is 2.24 bits per heavy atom. The van der Waals surface area contributed by atoms with Gasteiger partial charge in [-0.15, -0.1) is 0 Å². The van der Waals surface area contributed by atoms with Gasteiger partial charge in [0.1, 0.15) is 6.04 Å². The van der Waals surface area contributed by atoms with E-state index in [0.29, 0.717) is 6.42 Å². The minimum absolute atomic E-state index is 0.250. The van der Waals surface area contributed by atoms with Gasteiger partial charge in [0.05, 0.1) is 0 Å². The Bertz CT molecular complexity index is 421. The van der Waals surface area contributed by atoms with Gasteiger partial charge in [0.15, 0.2) is 0 Å². The summed E-state index contributed by atoms with van der Waals surface area (Å²) in [6, 6.07) is 5.28. The first-order valence-electron chi connectivity index (χ1n) is 5.53. The van der Waals surface area contributed by atoms with E-state index in [4.69, 9.17) is 5.73 Å². The first kappa shape index (κ1) is 13.2. The summed E-state index contributed by atoms with van der Waals surface area (Å²) in [5, 5.41) is 2.57. The molecule has 1 atom stereocenters. The number of primary amides is 1. The monoisotopic (exact) mass is 234 g/mol. The highest BCUT2D eigenvalue weighted by molar-refractivity contribution is 5.85. The van der Waals surface area contributed by atoms with Gasteiger partial charge in [-0.3, -0.25) is 9.59 Å². The van der Waals surface area contributed by atoms with Crippen LogP contribution < -0.4 is 11.1 Å². The van der Waals surface area contributed by atoms with E-state index in [2.05, 4.69) is 5.32 Å². The van der Waals surface area contributed by atoms with Crippen LogP contribution in [0, 0.1) is 13.8 Å². The number of nitrogens with one attached hydrogen (secondary N) is 1. The Labute approximate surface area is 101 Å². The van der Waals surface area contributed by atoms with Gasteiger partial charge in [-0.25, -0.2) is 0 Å². The zero-order chi connectivity index (χ0) is 13.0. The number of hydrogen-bond acceptors (Lipinski definition) is 2. The predicted molar refractivity (Wildman–Crippen MR) is 66.4 cm³/mol. The van der Waals surface area contributed by atoms with Crippen molar-refractivity contribution in [3.63, 3.8) is 0 Å². The van der Waals surface area contributed by atoms with E-state index >= 15 is 0 Å². The Balaban J connectivity index is 2.93. The van der Waals surface area contributed by atoms with Crippen LogP contribution in [0.2, 0.25) is 0 Å². The van der Waals surface area contributed by atoms with E-state index in [-0.39, 0.29) is 5.91 Å². The molecule has 1 rings (SSSR count). The normalized spacial score (nSPS) is 11.9. The van der Waals surface area contributed by atoms with E-state index in [0.717, 1.165) is 16.7 Å². The van der Waals surface area contributed by atoms with Crippen molar-refractivity contribution in [1.29, 1.82) is 0 Å². The van der Waals surface area contributed by atoms with Gasteiger partial charge in [0.2, 0.25) is 11.8 Å². The fourth-order valence-electron chi connectivity index (χ4n) is 1.84. The Hall–Kier alpha value is -1.84. The summed E-state index contributed by atoms with van der Waals surface area (Å²) >= 11 is 0. The molecule has 0 aliphatic heterocycles. The van der Waals surface area contributed by atoms with Gasteiger partial charge < -0.3 is 11.1 Å². The van der Waals surface area contributed by atoms with Crippen LogP contribution in [0.5, 0.6) is 0 Å². The molecule has 0 unspecified atom stereocenters. The maximum atomic E-state index is 11.3. The van der Waals surface area contributed by atoms with Crippen LogP contribution in [0.1, 0.15) is 23.6 Å². The molecule has 0 spiro atoms. The second-order valence-electron chi connectivity index (χ2n) is 4.23. The highest BCUT2D eigenvalue weighted by atomic mass is 16.2. The van der Waals surface area contributed by atoms with Crippen molar-refractivity contribution in [2.24, 2.45) is 5.73 Å². The van der Waals surface area contributed by atoms with Crippen LogP contribution in [0.25, 0.3) is 0 Å². The number of benzene rings is 1. The molecule has 2 amide bonds. The quantitative estimate of drug-likeness (QED) is 0.810. The molecule has 1 aromatic carbocycles. The third-order valence-corrected chi connectivity index (χ3v) is 2.77. The summed E-state index contributed by atoms with van der Waals surface area (Å²) < 4.78 is 0. The summed E-state index contributed by atoms with van der Waals surface area (Å²) in [6.45, 7) is 5.34. The number of hydrogen-bond donors (Lipinski definition) is 2. The highest BCUT2D eigenvalue weighted by Gasteiger charge is 2.18. The summed E-state index contributed by atoms with van der Waals surface area (Å²) in [5.41, 5.74) is 8.54. The van der Waals surface area contributed by atoms with Crippen molar-refractivity contribution in [2.45, 2.75) is 33.2 Å². The Morgan fingerprint density at radius 1 is 1.29 bits per heavy atom. The fourth-order valence-corrected chi connectivity index (χ4v) is 1.84. The lowest BCUT2D eigenvalue weighted by molar-refractivity contribution is -0.126. The van der Waals surface area contributed by atoms with Crippen molar-refractivity contribution in [3.05, 3.63) is 34.9 Å². The second kappa shape index (κ2) is 5.48. The Kier molecular flexibility index (Phi) is 4.26. The average molecular weight is 234 g/mol. The van der Waals surface area contributed by atoms with Crippen molar-refractivity contribution in [3.8, 4) is 0 Å². The first-order valence-corrected chi connectivity index (χ1v) is 5.53. The zero-order valence-corrected chi connectivity index (χ0v) is 10.4. The SMILES string of the molecule is CC(=O)N[C@H](Cc1c(C)cccc1C)C(N)=O. The van der Waals surface area contributed by atoms with Gasteiger partial charge in [-0.2, -0.15) is 0 Å². The number of carbonyl (C=O) groups excluding carboxylic acids is 2. The van der Waals surface area contributed by atoms with Crippen molar-refractivity contribution in [2.75, 3.05) is 0 Å². The maximum Gasteiger partial charge on any atom is 0.240 e. The molecule has 0 aliphatic carbocycles. The molecule has 0 saturated heterocycles. The van der Waals surface area contributed by atoms with Gasteiger partial charge in [0.25, 0.3) is 0 Å². The van der Waals surface area contributed by atoms with E-state index in [1.165, 1.54) is 6.92 Å². The molecule has 0 aromatic heterocycles. The molecule has 1 aromatic rings. The number of aryl methyl sites for hydroxylation is 2. The lowest BCUT2D eigenvalue weighted by Gasteiger charge is -2.17. The summed E-state index contributed by atoms with van der Waals surface area (Å²) in [7, 11) is 0. The highest BCUT2D eigenvalue weighted by Crippen LogP contribution is 2.15. The molecule has 0 heterocycles. The number of nitrogens with two attached hydrogens (primary N) is 1. The van der Waals surface area contributed by atoms with E-state index in [9.17, 15) is 9.59 Å². The van der Waals surface area contributed by atoms with Gasteiger partial charge in [-0.05, 0) is 30.5 Å². The van der Waals surface area contributed by atoms with E-state index in [1.807, 2.05) is 32.0 Å². The predicted octanol–water partition coefficient (Wildman–Crippen LogP) is 0.836. The van der Waals surface area contributed by atoms with Crippen LogP contribution >= 0.6 is 0 Å². The summed E-state index contributed by atoms with van der Waals surface area (Å²) in [4.78, 5) is 22.3. The largest absolute Gasteiger partial charge is 0.368 e. The zero-order valence-electron chi connectivity index (χ0n) is 10.4. The molecule has 3 N–H and O–H groups in total. The molecule has 0 fully saturated rings. The van der Waals surface area contributed by atoms with Gasteiger partial charge in [-0.1, -0.05) is 18.2 Å². The van der Waals surface area contributed by atoms with Crippen LogP contribution in [-0.4, -0.2) is 17.9 Å². The molecule has 0 bridgehead atoms. The fraction of sp³-hybridized carbons (Fsp3) is 0.385. The minimum Gasteiger partial charge on any atom is -0.368 e. The molecule has 17 heavy (non-hydrogen) atoms. The molecule has 0 radical (unpaired) electrons. The third kappa shape index (κ3) is 3.59. The Morgan fingerprint density at radius 2 is 1.82 bits per heavy atom. The molecular weight excluding hydrogens is 216 g/mol. The topological polar surface area (TPSA) is 72.2 Å². The smallest absolute Gasteiger partial charge is 0.240 e. The first-order chi connectivity index (χ1) is 7.91. The van der Waals surface area contributed by atoms with Crippen molar-refractivity contribution >= 4 is 11.8 Å². The van der Waals surface area contributed by atoms with E-state index < -0.39 is 11.9 Å². The number of amides is 2. The second-order valence-corrected chi connectivity index (χ2v) is 4.23. The standard InChI is InChI=1S/C13H18N2O2/c1-8-5-4-6-9(2)11(8)7-12(13(14)17)15-10(3)16/h4-6,12H,7H2,1-3H3,(H2,14,17)(H,15,16)/t12-/m1/s1. The lowest BCUT2D eigenvalue weighted by Crippen LogP contribution is -2.45. The van der Waals surface area contributed by atoms with Crippen molar-refractivity contribution in [1.82, 2.24) is 5.32 Å². The molecule has 4 heteroatoms. The van der Waals surface area contributed by atoms with Gasteiger partial charge in [0, 0.05) is 13.3 Å². The number of rotatable bonds is 4. The van der Waals surface area contributed by atoms with Crippen LogP contribution in [0.3, 0.4) is 0 Å². The summed E-state index contributed by atoms with van der Waals surface area (Å²) in [6.07, 6.45) is 0.438. The minimum atomic E-state index is -0.646. The van der Waals surface area contributed by atoms with Crippen LogP contribution in [-0.2, 0) is 16.0 Å².